The summed E-state index contributed by atoms with van der Waals surface area (Å²) in [7, 11) is 0. The van der Waals surface area contributed by atoms with Crippen molar-refractivity contribution in [2.24, 2.45) is 34.0 Å². The molecule has 0 heterocycles. The minimum atomic E-state index is -0.587. The molecule has 7 atom stereocenters. The Kier molecular flexibility index (Phi) is 3.14. The summed E-state index contributed by atoms with van der Waals surface area (Å²) in [6, 6.07) is 0. The average Bonchev–Trinajstić information content (AvgIpc) is 2.63. The molecule has 2 N–H and O–H groups in total. The fourth-order valence-corrected chi connectivity index (χ4v) is 8.05. The zero-order chi connectivity index (χ0) is 16.7. The second-order valence-corrected chi connectivity index (χ2v) is 10.1. The van der Waals surface area contributed by atoms with Crippen LogP contribution in [0.25, 0.3) is 0 Å². The summed E-state index contributed by atoms with van der Waals surface area (Å²) >= 11 is 0. The third-order valence-corrected chi connectivity index (χ3v) is 8.98. The summed E-state index contributed by atoms with van der Waals surface area (Å²) in [4.78, 5) is 12.1. The largest absolute Gasteiger partial charge is 0.481 e. The molecule has 0 radical (unpaired) electrons. The fraction of sp³-hybridized carbons (Fsp3) is 0.950. The van der Waals surface area contributed by atoms with Crippen LogP contribution in [0.1, 0.15) is 78.6 Å². The lowest BCUT2D eigenvalue weighted by atomic mass is 9.41. The molecule has 23 heavy (non-hydrogen) atoms. The second-order valence-electron chi connectivity index (χ2n) is 10.1. The van der Waals surface area contributed by atoms with Crippen molar-refractivity contribution in [3.05, 3.63) is 0 Å². The van der Waals surface area contributed by atoms with Crippen LogP contribution >= 0.6 is 0 Å². The van der Waals surface area contributed by atoms with Crippen molar-refractivity contribution in [1.29, 1.82) is 0 Å². The number of fused-ring (bicyclic) bond motifs is 3. The molecule has 0 aromatic rings. The van der Waals surface area contributed by atoms with E-state index in [4.69, 9.17) is 0 Å². The number of carboxylic acid groups (broad SMARTS) is 1. The van der Waals surface area contributed by atoms with Crippen LogP contribution in [0, 0.1) is 34.0 Å². The van der Waals surface area contributed by atoms with Gasteiger partial charge in [-0.3, -0.25) is 4.79 Å². The van der Waals surface area contributed by atoms with Crippen molar-refractivity contribution < 1.29 is 15.0 Å². The highest BCUT2D eigenvalue weighted by Gasteiger charge is 2.67. The maximum atomic E-state index is 12.1. The molecule has 2 bridgehead atoms. The molecule has 130 valence electrons. The van der Waals surface area contributed by atoms with E-state index in [0.29, 0.717) is 17.8 Å². The zero-order valence-corrected chi connectivity index (χ0v) is 14.9. The Morgan fingerprint density at radius 3 is 2.43 bits per heavy atom. The van der Waals surface area contributed by atoms with Crippen LogP contribution in [-0.4, -0.2) is 21.8 Å². The van der Waals surface area contributed by atoms with E-state index >= 15 is 0 Å². The van der Waals surface area contributed by atoms with Crippen LogP contribution in [0.5, 0.6) is 0 Å². The normalized spacial score (nSPS) is 58.3. The van der Waals surface area contributed by atoms with Crippen LogP contribution in [0.3, 0.4) is 0 Å². The van der Waals surface area contributed by atoms with Gasteiger partial charge < -0.3 is 10.2 Å². The zero-order valence-electron chi connectivity index (χ0n) is 14.9. The van der Waals surface area contributed by atoms with Gasteiger partial charge in [0.1, 0.15) is 0 Å². The summed E-state index contributed by atoms with van der Waals surface area (Å²) in [5.41, 5.74) is -0.612. The first-order valence-electron chi connectivity index (χ1n) is 9.60. The number of carboxylic acids is 1. The van der Waals surface area contributed by atoms with Crippen LogP contribution in [0.2, 0.25) is 0 Å². The molecule has 0 aromatic carbocycles. The van der Waals surface area contributed by atoms with E-state index in [1.807, 2.05) is 13.8 Å². The number of rotatable bonds is 1. The number of hydrogen-bond donors (Lipinski definition) is 2. The van der Waals surface area contributed by atoms with Crippen molar-refractivity contribution in [2.45, 2.75) is 84.2 Å². The van der Waals surface area contributed by atoms with E-state index in [0.717, 1.165) is 38.5 Å². The molecular formula is C20H32O3. The Morgan fingerprint density at radius 1 is 1.00 bits per heavy atom. The third kappa shape index (κ3) is 1.89. The second kappa shape index (κ2) is 4.53. The minimum Gasteiger partial charge on any atom is -0.481 e. The number of aliphatic carboxylic acids is 1. The lowest BCUT2D eigenvalue weighted by molar-refractivity contribution is -0.181. The van der Waals surface area contributed by atoms with Gasteiger partial charge in [0.15, 0.2) is 0 Å². The van der Waals surface area contributed by atoms with E-state index < -0.39 is 17.0 Å². The Bertz CT molecular complexity index is 541. The maximum Gasteiger partial charge on any atom is 0.309 e. The van der Waals surface area contributed by atoms with Gasteiger partial charge in [-0.25, -0.2) is 0 Å². The Labute approximate surface area is 139 Å². The highest BCUT2D eigenvalue weighted by atomic mass is 16.4. The first kappa shape index (κ1) is 15.9. The quantitative estimate of drug-likeness (QED) is 0.760. The molecule has 3 heteroatoms. The number of hydrogen-bond acceptors (Lipinski definition) is 2. The van der Waals surface area contributed by atoms with Crippen LogP contribution in [0.4, 0.5) is 0 Å². The highest BCUT2D eigenvalue weighted by Crippen LogP contribution is 2.72. The molecule has 0 saturated heterocycles. The molecule has 4 saturated carbocycles. The summed E-state index contributed by atoms with van der Waals surface area (Å²) < 4.78 is 0. The highest BCUT2D eigenvalue weighted by molar-refractivity contribution is 5.75. The summed E-state index contributed by atoms with van der Waals surface area (Å²) in [5, 5.41) is 20.8. The smallest absolute Gasteiger partial charge is 0.309 e. The standard InChI is InChI=1S/C20H32O3/c1-17-8-4-9-18(2,16(21)22)14(17)7-10-20-11-13(5-6-15(17)20)19(3,23)12-20/h13-15,23H,4-12H2,1-3H3,(H,21,22)/t13?,14-,15-,17?,18?,19+,20?/m0/s1. The number of aliphatic hydroxyl groups is 1. The van der Waals surface area contributed by atoms with Crippen LogP contribution in [-0.2, 0) is 4.79 Å². The summed E-state index contributed by atoms with van der Waals surface area (Å²) in [5.74, 6) is 0.793. The van der Waals surface area contributed by atoms with Gasteiger partial charge in [0.2, 0.25) is 0 Å². The van der Waals surface area contributed by atoms with Gasteiger partial charge in [-0.2, -0.15) is 0 Å². The third-order valence-electron chi connectivity index (χ3n) is 8.98. The summed E-state index contributed by atoms with van der Waals surface area (Å²) in [6.45, 7) is 6.45. The predicted octanol–water partition coefficient (Wildman–Crippen LogP) is 4.23. The van der Waals surface area contributed by atoms with E-state index in [9.17, 15) is 15.0 Å². The van der Waals surface area contributed by atoms with Gasteiger partial charge in [-0.15, -0.1) is 0 Å². The Balaban J connectivity index is 1.74. The van der Waals surface area contributed by atoms with Crippen molar-refractivity contribution >= 4 is 5.97 Å². The molecule has 4 aliphatic carbocycles. The van der Waals surface area contributed by atoms with Gasteiger partial charge in [-0.1, -0.05) is 13.3 Å². The first-order valence-corrected chi connectivity index (χ1v) is 9.60. The van der Waals surface area contributed by atoms with Gasteiger partial charge in [0.05, 0.1) is 11.0 Å². The Morgan fingerprint density at radius 2 is 1.74 bits per heavy atom. The van der Waals surface area contributed by atoms with E-state index in [1.54, 1.807) is 0 Å². The predicted molar refractivity (Wildman–Crippen MR) is 88.9 cm³/mol. The SMILES string of the molecule is CC1(C(=O)O)CCCC2(C)[C@@H]3CCC4CC3(CC[C@H]12)C[C@@]4(C)O. The molecular weight excluding hydrogens is 288 g/mol. The molecule has 4 aliphatic rings. The molecule has 4 fully saturated rings. The number of carbonyl (C=O) groups is 1. The van der Waals surface area contributed by atoms with Gasteiger partial charge >= 0.3 is 5.97 Å². The van der Waals surface area contributed by atoms with E-state index in [2.05, 4.69) is 6.92 Å². The van der Waals surface area contributed by atoms with Gasteiger partial charge in [0.25, 0.3) is 0 Å². The maximum absolute atomic E-state index is 12.1. The Hall–Kier alpha value is -0.570. The van der Waals surface area contributed by atoms with E-state index in [1.165, 1.54) is 19.3 Å². The lowest BCUT2D eigenvalue weighted by Crippen LogP contribution is -2.58. The molecule has 3 nitrogen and oxygen atoms in total. The first-order chi connectivity index (χ1) is 10.6. The fourth-order valence-electron chi connectivity index (χ4n) is 8.05. The molecule has 0 amide bonds. The minimum absolute atomic E-state index is 0.148. The summed E-state index contributed by atoms with van der Waals surface area (Å²) in [6.07, 6.45) is 9.68. The topological polar surface area (TPSA) is 57.5 Å². The molecule has 4 rings (SSSR count). The monoisotopic (exact) mass is 320 g/mol. The van der Waals surface area contributed by atoms with Gasteiger partial charge in [-0.05, 0) is 93.8 Å². The molecule has 4 unspecified atom stereocenters. The van der Waals surface area contributed by atoms with Crippen LogP contribution in [0.15, 0.2) is 0 Å². The molecule has 0 aromatic heterocycles. The molecule has 1 spiro atoms. The average molecular weight is 320 g/mol. The lowest BCUT2D eigenvalue weighted by Gasteiger charge is -2.63. The van der Waals surface area contributed by atoms with Crippen LogP contribution < -0.4 is 0 Å². The van der Waals surface area contributed by atoms with Crippen molar-refractivity contribution in [3.63, 3.8) is 0 Å². The molecule has 0 aliphatic heterocycles. The van der Waals surface area contributed by atoms with E-state index in [-0.39, 0.29) is 10.8 Å². The van der Waals surface area contributed by atoms with Gasteiger partial charge in [0, 0.05) is 0 Å². The van der Waals surface area contributed by atoms with Crippen molar-refractivity contribution in [2.75, 3.05) is 0 Å². The van der Waals surface area contributed by atoms with Crippen molar-refractivity contribution in [3.8, 4) is 0 Å². The van der Waals surface area contributed by atoms with Crippen molar-refractivity contribution in [1.82, 2.24) is 0 Å².